The number of nitrogens with two attached hydrogens (primary N) is 1. The van der Waals surface area contributed by atoms with Crippen LogP contribution in [0.4, 0.5) is 0 Å². The zero-order chi connectivity index (χ0) is 12.3. The van der Waals surface area contributed by atoms with Crippen molar-refractivity contribution in [1.29, 1.82) is 0 Å². The molecule has 0 amide bonds. The van der Waals surface area contributed by atoms with Gasteiger partial charge in [0.05, 0.1) is 0 Å². The summed E-state index contributed by atoms with van der Waals surface area (Å²) in [6.45, 7) is 0.678. The molecule has 0 fully saturated rings. The van der Waals surface area contributed by atoms with Crippen LogP contribution >= 0.6 is 43.2 Å². The highest BCUT2D eigenvalue weighted by Crippen LogP contribution is 2.27. The molecule has 90 valence electrons. The summed E-state index contributed by atoms with van der Waals surface area (Å²) in [4.78, 5) is 1.37. The molecule has 0 radical (unpaired) electrons. The molecule has 0 spiro atoms. The Hall–Kier alpha value is -0.160. The summed E-state index contributed by atoms with van der Waals surface area (Å²) >= 11 is 8.71. The molecule has 0 aliphatic carbocycles. The Balaban J connectivity index is 2.13. The molecule has 2 aromatic rings. The second kappa shape index (κ2) is 6.14. The standard InChI is InChI=1S/C13H13Br2NS/c14-11-3-1-9(2-4-11)10(7-16)5-13-6-12(15)8-17-13/h1-4,6,8,10H,5,7,16H2. The van der Waals surface area contributed by atoms with Crippen LogP contribution < -0.4 is 5.73 Å². The van der Waals surface area contributed by atoms with Crippen molar-refractivity contribution in [3.8, 4) is 0 Å². The van der Waals surface area contributed by atoms with Gasteiger partial charge >= 0.3 is 0 Å². The molecule has 2 rings (SSSR count). The van der Waals surface area contributed by atoms with Crippen molar-refractivity contribution in [2.75, 3.05) is 6.54 Å². The third kappa shape index (κ3) is 3.65. The van der Waals surface area contributed by atoms with Crippen LogP contribution in [-0.2, 0) is 6.42 Å². The Bertz CT molecular complexity index is 478. The Morgan fingerprint density at radius 2 is 1.82 bits per heavy atom. The lowest BCUT2D eigenvalue weighted by atomic mass is 9.95. The zero-order valence-corrected chi connectivity index (χ0v) is 13.2. The van der Waals surface area contributed by atoms with Crippen molar-refractivity contribution in [3.63, 3.8) is 0 Å². The summed E-state index contributed by atoms with van der Waals surface area (Å²) in [5, 5.41) is 2.12. The van der Waals surface area contributed by atoms with E-state index in [0.29, 0.717) is 12.5 Å². The van der Waals surface area contributed by atoms with Gasteiger partial charge in [0.1, 0.15) is 0 Å². The summed E-state index contributed by atoms with van der Waals surface area (Å²) < 4.78 is 2.26. The van der Waals surface area contributed by atoms with E-state index in [2.05, 4.69) is 67.6 Å². The maximum Gasteiger partial charge on any atom is 0.0285 e. The summed E-state index contributed by atoms with van der Waals surface area (Å²) in [5.41, 5.74) is 7.18. The highest BCUT2D eigenvalue weighted by Gasteiger charge is 2.11. The van der Waals surface area contributed by atoms with Gasteiger partial charge in [-0.1, -0.05) is 28.1 Å². The minimum atomic E-state index is 0.397. The molecule has 1 unspecified atom stereocenters. The monoisotopic (exact) mass is 373 g/mol. The number of thiophene rings is 1. The number of hydrogen-bond donors (Lipinski definition) is 1. The first-order valence-corrected chi connectivity index (χ1v) is 7.84. The van der Waals surface area contributed by atoms with Gasteiger partial charge in [0, 0.05) is 25.1 Å². The number of hydrogen-bond acceptors (Lipinski definition) is 2. The van der Waals surface area contributed by atoms with Crippen molar-refractivity contribution in [2.45, 2.75) is 12.3 Å². The number of halogens is 2. The Kier molecular flexibility index (Phi) is 4.79. The predicted molar refractivity (Wildman–Crippen MR) is 81.7 cm³/mol. The third-order valence-corrected chi connectivity index (χ3v) is 4.94. The van der Waals surface area contributed by atoms with Crippen molar-refractivity contribution < 1.29 is 0 Å². The van der Waals surface area contributed by atoms with Crippen molar-refractivity contribution >= 4 is 43.2 Å². The van der Waals surface area contributed by atoms with E-state index in [-0.39, 0.29) is 0 Å². The molecule has 17 heavy (non-hydrogen) atoms. The van der Waals surface area contributed by atoms with Crippen molar-refractivity contribution in [1.82, 2.24) is 0 Å². The summed E-state index contributed by atoms with van der Waals surface area (Å²) in [6, 6.07) is 10.6. The molecule has 0 saturated carbocycles. The van der Waals surface area contributed by atoms with Gasteiger partial charge in [-0.25, -0.2) is 0 Å². The van der Waals surface area contributed by atoms with Crippen LogP contribution in [0.15, 0.2) is 44.7 Å². The van der Waals surface area contributed by atoms with Gasteiger partial charge in [-0.3, -0.25) is 0 Å². The average Bonchev–Trinajstić information content (AvgIpc) is 2.73. The van der Waals surface area contributed by atoms with E-state index in [9.17, 15) is 0 Å². The first-order chi connectivity index (χ1) is 8.19. The fourth-order valence-corrected chi connectivity index (χ4v) is 3.57. The number of rotatable bonds is 4. The van der Waals surface area contributed by atoms with E-state index in [4.69, 9.17) is 5.73 Å². The van der Waals surface area contributed by atoms with Gasteiger partial charge in [-0.2, -0.15) is 0 Å². The largest absolute Gasteiger partial charge is 0.330 e. The molecule has 2 N–H and O–H groups in total. The van der Waals surface area contributed by atoms with Crippen molar-refractivity contribution in [2.24, 2.45) is 5.73 Å². The molecule has 0 aliphatic rings. The lowest BCUT2D eigenvalue weighted by Crippen LogP contribution is -2.14. The fraction of sp³-hybridized carbons (Fsp3) is 0.231. The Morgan fingerprint density at radius 3 is 2.35 bits per heavy atom. The maximum atomic E-state index is 5.88. The van der Waals surface area contributed by atoms with E-state index in [0.717, 1.165) is 15.4 Å². The van der Waals surface area contributed by atoms with E-state index < -0.39 is 0 Å². The van der Waals surface area contributed by atoms with Gasteiger partial charge in [-0.15, -0.1) is 11.3 Å². The van der Waals surface area contributed by atoms with Crippen LogP contribution in [0, 0.1) is 0 Å². The van der Waals surface area contributed by atoms with Crippen LogP contribution in [-0.4, -0.2) is 6.54 Å². The molecule has 4 heteroatoms. The first-order valence-electron chi connectivity index (χ1n) is 5.37. The van der Waals surface area contributed by atoms with E-state index in [1.165, 1.54) is 10.4 Å². The van der Waals surface area contributed by atoms with E-state index in [1.807, 2.05) is 0 Å². The normalized spacial score (nSPS) is 12.6. The Morgan fingerprint density at radius 1 is 1.12 bits per heavy atom. The molecule has 0 saturated heterocycles. The first kappa shape index (κ1) is 13.3. The molecular formula is C13H13Br2NS. The highest BCUT2D eigenvalue weighted by atomic mass is 79.9. The lowest BCUT2D eigenvalue weighted by Gasteiger charge is -2.14. The molecule has 1 aromatic carbocycles. The zero-order valence-electron chi connectivity index (χ0n) is 9.20. The average molecular weight is 375 g/mol. The van der Waals surface area contributed by atoms with Gasteiger partial charge in [0.15, 0.2) is 0 Å². The Labute approximate surface area is 122 Å². The molecule has 1 aromatic heterocycles. The molecular weight excluding hydrogens is 362 g/mol. The van der Waals surface area contributed by atoms with Crippen LogP contribution in [0.2, 0.25) is 0 Å². The fourth-order valence-electron chi connectivity index (χ4n) is 1.78. The predicted octanol–water partition coefficient (Wildman–Crippen LogP) is 4.56. The van der Waals surface area contributed by atoms with E-state index in [1.54, 1.807) is 11.3 Å². The van der Waals surface area contributed by atoms with Crippen LogP contribution in [0.3, 0.4) is 0 Å². The quantitative estimate of drug-likeness (QED) is 0.833. The minimum absolute atomic E-state index is 0.397. The third-order valence-electron chi connectivity index (χ3n) is 2.70. The summed E-state index contributed by atoms with van der Waals surface area (Å²) in [6.07, 6.45) is 1.01. The van der Waals surface area contributed by atoms with Crippen LogP contribution in [0.25, 0.3) is 0 Å². The molecule has 0 bridgehead atoms. The van der Waals surface area contributed by atoms with Crippen molar-refractivity contribution in [3.05, 3.63) is 55.1 Å². The molecule has 0 aliphatic heterocycles. The molecule has 1 heterocycles. The van der Waals surface area contributed by atoms with Gasteiger partial charge < -0.3 is 5.73 Å². The molecule has 1 nitrogen and oxygen atoms in total. The van der Waals surface area contributed by atoms with Gasteiger partial charge in [0.2, 0.25) is 0 Å². The van der Waals surface area contributed by atoms with Crippen LogP contribution in [0.1, 0.15) is 16.4 Å². The van der Waals surface area contributed by atoms with E-state index >= 15 is 0 Å². The van der Waals surface area contributed by atoms with Crippen LogP contribution in [0.5, 0.6) is 0 Å². The minimum Gasteiger partial charge on any atom is -0.330 e. The summed E-state index contributed by atoms with van der Waals surface area (Å²) in [5.74, 6) is 0.397. The lowest BCUT2D eigenvalue weighted by molar-refractivity contribution is 0.701. The van der Waals surface area contributed by atoms with Gasteiger partial charge in [-0.05, 0) is 52.7 Å². The second-order valence-electron chi connectivity index (χ2n) is 3.92. The summed E-state index contributed by atoms with van der Waals surface area (Å²) in [7, 11) is 0. The van der Waals surface area contributed by atoms with Gasteiger partial charge in [0.25, 0.3) is 0 Å². The topological polar surface area (TPSA) is 26.0 Å². The highest BCUT2D eigenvalue weighted by molar-refractivity contribution is 9.10. The maximum absolute atomic E-state index is 5.88. The smallest absolute Gasteiger partial charge is 0.0285 e. The molecule has 1 atom stereocenters. The number of benzene rings is 1. The second-order valence-corrected chi connectivity index (χ2v) is 6.75. The SMILES string of the molecule is NCC(Cc1cc(Br)cs1)c1ccc(Br)cc1.